The number of fused-ring (bicyclic) bond motifs is 1. The van der Waals surface area contributed by atoms with Crippen LogP contribution in [-0.2, 0) is 20.9 Å². The van der Waals surface area contributed by atoms with Crippen molar-refractivity contribution in [2.24, 2.45) is 0 Å². The van der Waals surface area contributed by atoms with Crippen LogP contribution in [0.4, 0.5) is 11.6 Å². The van der Waals surface area contributed by atoms with Gasteiger partial charge in [0.05, 0.1) is 30.3 Å². The van der Waals surface area contributed by atoms with Crippen molar-refractivity contribution in [3.8, 4) is 5.75 Å². The number of aliphatic carboxylic acids is 1. The number of nitrogens with one attached hydrogen (secondary N) is 4. The first-order valence-electron chi connectivity index (χ1n) is 18.4. The van der Waals surface area contributed by atoms with Crippen LogP contribution in [0.2, 0.25) is 0 Å². The van der Waals surface area contributed by atoms with Crippen molar-refractivity contribution in [3.05, 3.63) is 153 Å². The molecular weight excluding hydrogens is 757 g/mol. The molecule has 2 atom stereocenters. The summed E-state index contributed by atoms with van der Waals surface area (Å²) in [6, 6.07) is 33.4. The van der Waals surface area contributed by atoms with Gasteiger partial charge in [0, 0.05) is 30.0 Å². The number of aldehydes is 1. The first kappa shape index (κ1) is 42.6. The fourth-order valence-electron chi connectivity index (χ4n) is 6.11. The van der Waals surface area contributed by atoms with E-state index in [4.69, 9.17) is 15.6 Å². The fraction of sp³-hybridized carbons (Fsp3) is 0.233. The number of anilines is 2. The highest BCUT2D eigenvalue weighted by Crippen LogP contribution is 2.48. The highest BCUT2D eigenvalue weighted by Gasteiger charge is 2.37. The van der Waals surface area contributed by atoms with Gasteiger partial charge in [0.1, 0.15) is 18.1 Å². The lowest BCUT2D eigenvalue weighted by atomic mass is 9.83. The zero-order valence-electron chi connectivity index (χ0n) is 32.4. The van der Waals surface area contributed by atoms with E-state index in [1.54, 1.807) is 50.2 Å². The Morgan fingerprint density at radius 3 is 2.22 bits per heavy atom. The normalized spacial score (nSPS) is 12.3. The zero-order chi connectivity index (χ0) is 41.5. The van der Waals surface area contributed by atoms with E-state index >= 15 is 0 Å². The number of carbonyl (C=O) groups excluding carboxylic acids is 2. The molecule has 6 rings (SSSR count). The van der Waals surface area contributed by atoms with Crippen molar-refractivity contribution in [1.82, 2.24) is 30.6 Å². The van der Waals surface area contributed by atoms with Crippen LogP contribution in [0.5, 0.6) is 5.75 Å². The Labute approximate surface area is 340 Å². The molecule has 7 N–H and O–H groups in total. The summed E-state index contributed by atoms with van der Waals surface area (Å²) < 4.78 is 4.91. The van der Waals surface area contributed by atoms with Gasteiger partial charge in [0.25, 0.3) is 5.56 Å². The number of carbonyl (C=O) groups is 3. The van der Waals surface area contributed by atoms with Crippen LogP contribution in [0.3, 0.4) is 0 Å². The van der Waals surface area contributed by atoms with Crippen LogP contribution in [0, 0.1) is 6.92 Å². The van der Waals surface area contributed by atoms with Crippen molar-refractivity contribution in [3.63, 3.8) is 0 Å². The van der Waals surface area contributed by atoms with Gasteiger partial charge in [-0.15, -0.1) is 11.8 Å². The number of rotatable bonds is 17. The molecule has 2 aromatic heterocycles. The number of aromatic nitrogens is 4. The largest absolute Gasteiger partial charge is 0.497 e. The number of H-pyrrole nitrogens is 1. The summed E-state index contributed by atoms with van der Waals surface area (Å²) in [5.74, 6) is 0.360. The summed E-state index contributed by atoms with van der Waals surface area (Å²) in [4.78, 5) is 60.5. The molecule has 6 aromatic rings. The molecule has 0 bridgehead atoms. The number of thioether (sulfide) groups is 1. The molecule has 0 saturated carbocycles. The van der Waals surface area contributed by atoms with Gasteiger partial charge in [-0.3, -0.25) is 24.2 Å². The number of nitrogen functional groups attached to an aromatic ring is 1. The number of hydrogen-bond donors (Lipinski definition) is 6. The van der Waals surface area contributed by atoms with Gasteiger partial charge in [0.15, 0.2) is 11.2 Å². The third-order valence-corrected chi connectivity index (χ3v) is 10.7. The Kier molecular flexibility index (Phi) is 15.1. The summed E-state index contributed by atoms with van der Waals surface area (Å²) >= 11 is 1.76. The standard InChI is InChI=1S/C29H34N2O4S.C14H12N6O2/c1-21-9-11-23(12-10-21)29(22-7-5-4-6-8-22,24-13-15-25(35-3)16-14-24)36-20-19-31-27(32)18-17-26(30-2)28(33)34;15-14-19-12-11(13(22)20-14)18-10(6-17-12)5-16-9-3-1-8(7-21)2-4-9/h4-16,26,30H,17-20H2,1-3H3,(H,31,32)(H,33,34);1-4,6-7,16H,5H2,(H3,15,17,19,20,22). The Bertz CT molecular complexity index is 2340. The van der Waals surface area contributed by atoms with Crippen LogP contribution < -0.4 is 32.0 Å². The third-order valence-electron chi connectivity index (χ3n) is 9.19. The van der Waals surface area contributed by atoms with Crippen molar-refractivity contribution in [2.45, 2.75) is 37.1 Å². The first-order chi connectivity index (χ1) is 28.1. The molecular formula is C43H46N8O6S. The Hall–Kier alpha value is -6.58. The number of nitrogens with zero attached hydrogens (tertiary/aromatic N) is 3. The van der Waals surface area contributed by atoms with E-state index in [0.29, 0.717) is 30.1 Å². The second-order valence-corrected chi connectivity index (χ2v) is 14.4. The highest BCUT2D eigenvalue weighted by atomic mass is 32.2. The van der Waals surface area contributed by atoms with Crippen molar-refractivity contribution < 1.29 is 24.2 Å². The average molecular weight is 803 g/mol. The number of methoxy groups -OCH3 is 1. The van der Waals surface area contributed by atoms with E-state index < -0.39 is 22.3 Å². The lowest BCUT2D eigenvalue weighted by Crippen LogP contribution is -2.36. The van der Waals surface area contributed by atoms with Crippen molar-refractivity contribution in [1.29, 1.82) is 0 Å². The van der Waals surface area contributed by atoms with E-state index in [1.165, 1.54) is 11.8 Å². The predicted molar refractivity (Wildman–Crippen MR) is 227 cm³/mol. The van der Waals surface area contributed by atoms with Gasteiger partial charge < -0.3 is 31.5 Å². The molecule has 0 fully saturated rings. The number of hydrogen-bond acceptors (Lipinski definition) is 12. The molecule has 0 aliphatic heterocycles. The van der Waals surface area contributed by atoms with E-state index in [9.17, 15) is 19.2 Å². The van der Waals surface area contributed by atoms with Gasteiger partial charge in [-0.05, 0) is 73.5 Å². The predicted octanol–water partition coefficient (Wildman–Crippen LogP) is 5.32. The third kappa shape index (κ3) is 11.0. The molecule has 300 valence electrons. The second-order valence-electron chi connectivity index (χ2n) is 13.1. The molecule has 15 heteroatoms. The first-order valence-corrected chi connectivity index (χ1v) is 19.4. The summed E-state index contributed by atoms with van der Waals surface area (Å²) in [7, 11) is 3.24. The highest BCUT2D eigenvalue weighted by molar-refractivity contribution is 8.00. The molecule has 0 radical (unpaired) electrons. The number of amides is 1. The molecule has 14 nitrogen and oxygen atoms in total. The number of likely N-dealkylation sites (N-methyl/N-ethyl adjacent to an activating group) is 1. The molecule has 2 unspecified atom stereocenters. The number of nitrogens with two attached hydrogens (primary N) is 1. The molecule has 0 saturated heterocycles. The van der Waals surface area contributed by atoms with Gasteiger partial charge in [0.2, 0.25) is 11.9 Å². The SMILES string of the molecule is CNC(CCC(=O)NCCSC(c1ccccc1)(c1ccc(C)cc1)c1ccc(OC)cc1)C(=O)O.Nc1nc2ncc(CNc3ccc(C=O)cc3)nc2c(=O)[nH]1. The Morgan fingerprint density at radius 1 is 0.948 bits per heavy atom. The van der Waals surface area contributed by atoms with Crippen LogP contribution in [0.25, 0.3) is 11.2 Å². The molecule has 58 heavy (non-hydrogen) atoms. The molecule has 0 spiro atoms. The van der Waals surface area contributed by atoms with E-state index in [-0.39, 0.29) is 35.9 Å². The minimum atomic E-state index is -0.953. The number of benzene rings is 4. The fourth-order valence-corrected chi connectivity index (χ4v) is 7.53. The molecule has 0 aliphatic carbocycles. The smallest absolute Gasteiger partial charge is 0.320 e. The minimum Gasteiger partial charge on any atom is -0.497 e. The van der Waals surface area contributed by atoms with Gasteiger partial charge in [-0.25, -0.2) is 9.97 Å². The monoisotopic (exact) mass is 802 g/mol. The lowest BCUT2D eigenvalue weighted by Gasteiger charge is -2.35. The molecule has 1 amide bonds. The maximum Gasteiger partial charge on any atom is 0.320 e. The van der Waals surface area contributed by atoms with E-state index in [0.717, 1.165) is 34.4 Å². The number of ether oxygens (including phenoxy) is 1. The van der Waals surface area contributed by atoms with Crippen LogP contribution in [0.15, 0.2) is 114 Å². The van der Waals surface area contributed by atoms with Crippen LogP contribution in [-0.4, -0.2) is 75.7 Å². The Balaban J connectivity index is 0.000000247. The number of carboxylic acids is 1. The second kappa shape index (κ2) is 20.5. The summed E-state index contributed by atoms with van der Waals surface area (Å²) in [6.07, 6.45) is 2.71. The minimum absolute atomic E-state index is 0.00735. The topological polar surface area (TPSA) is 214 Å². The van der Waals surface area contributed by atoms with Gasteiger partial charge in [-0.2, -0.15) is 4.98 Å². The lowest BCUT2D eigenvalue weighted by molar-refractivity contribution is -0.139. The van der Waals surface area contributed by atoms with Gasteiger partial charge in [-0.1, -0.05) is 72.3 Å². The maximum atomic E-state index is 12.4. The number of carboxylic acid groups (broad SMARTS) is 1. The molecule has 0 aliphatic rings. The number of aryl methyl sites for hydroxylation is 1. The van der Waals surface area contributed by atoms with Crippen molar-refractivity contribution >= 4 is 52.7 Å². The molecule has 4 aromatic carbocycles. The van der Waals surface area contributed by atoms with Crippen LogP contribution in [0.1, 0.15) is 51.1 Å². The van der Waals surface area contributed by atoms with Crippen LogP contribution >= 0.6 is 11.8 Å². The average Bonchev–Trinajstić information content (AvgIpc) is 3.24. The Morgan fingerprint density at radius 2 is 1.60 bits per heavy atom. The molecule has 2 heterocycles. The quantitative estimate of drug-likeness (QED) is 0.0392. The maximum absolute atomic E-state index is 12.4. The van der Waals surface area contributed by atoms with E-state index in [2.05, 4.69) is 91.3 Å². The number of aromatic amines is 1. The summed E-state index contributed by atoms with van der Waals surface area (Å²) in [6.45, 7) is 2.93. The summed E-state index contributed by atoms with van der Waals surface area (Å²) in [5, 5.41) is 18.0. The zero-order valence-corrected chi connectivity index (χ0v) is 33.2. The van der Waals surface area contributed by atoms with E-state index in [1.807, 2.05) is 30.3 Å². The van der Waals surface area contributed by atoms with Crippen molar-refractivity contribution in [2.75, 3.05) is 37.5 Å². The van der Waals surface area contributed by atoms with Gasteiger partial charge >= 0.3 is 5.97 Å². The summed E-state index contributed by atoms with van der Waals surface area (Å²) in [5.41, 5.74) is 12.0.